The molecule has 0 aliphatic carbocycles. The Hall–Kier alpha value is -0.940. The molecule has 0 saturated carbocycles. The van der Waals surface area contributed by atoms with Crippen molar-refractivity contribution in [1.29, 1.82) is 0 Å². The minimum absolute atomic E-state index is 0.0384. The SMILES string of the molecule is CC(=O)C(C)(C)CC(C)(C)NC(=O)CCC(C)(C)OCCC(C)(C)O. The molecule has 0 atom stereocenters. The highest BCUT2D eigenvalue weighted by atomic mass is 16.5. The predicted molar refractivity (Wildman–Crippen MR) is 101 cm³/mol. The van der Waals surface area contributed by atoms with Crippen molar-refractivity contribution >= 4 is 11.7 Å². The summed E-state index contributed by atoms with van der Waals surface area (Å²) in [5, 5.41) is 12.8. The summed E-state index contributed by atoms with van der Waals surface area (Å²) in [4.78, 5) is 24.0. The van der Waals surface area contributed by atoms with Crippen LogP contribution in [0.3, 0.4) is 0 Å². The number of amides is 1. The van der Waals surface area contributed by atoms with E-state index in [0.29, 0.717) is 32.3 Å². The first-order valence-corrected chi connectivity index (χ1v) is 9.14. The van der Waals surface area contributed by atoms with Crippen LogP contribution in [0.1, 0.15) is 88.0 Å². The molecule has 1 amide bonds. The summed E-state index contributed by atoms with van der Waals surface area (Å²) in [7, 11) is 0. The Kier molecular flexibility index (Phi) is 8.31. The van der Waals surface area contributed by atoms with E-state index in [1.165, 1.54) is 0 Å². The summed E-state index contributed by atoms with van der Waals surface area (Å²) in [5.41, 5.74) is -2.08. The van der Waals surface area contributed by atoms with Gasteiger partial charge in [0, 0.05) is 17.4 Å². The second-order valence-electron chi connectivity index (χ2n) is 9.72. The Bertz CT molecular complexity index is 459. The lowest BCUT2D eigenvalue weighted by Gasteiger charge is -2.34. The van der Waals surface area contributed by atoms with Gasteiger partial charge < -0.3 is 15.2 Å². The maximum atomic E-state index is 12.3. The van der Waals surface area contributed by atoms with E-state index in [9.17, 15) is 14.7 Å². The number of ketones is 1. The van der Waals surface area contributed by atoms with Crippen LogP contribution in [0.15, 0.2) is 0 Å². The molecular weight excluding hydrogens is 318 g/mol. The van der Waals surface area contributed by atoms with E-state index >= 15 is 0 Å². The zero-order valence-electron chi connectivity index (χ0n) is 17.7. The molecule has 0 spiro atoms. The normalized spacial score (nSPS) is 13.7. The third-order valence-electron chi connectivity index (χ3n) is 4.48. The van der Waals surface area contributed by atoms with Crippen LogP contribution in [0.5, 0.6) is 0 Å². The van der Waals surface area contributed by atoms with Crippen LogP contribution in [0, 0.1) is 5.41 Å². The summed E-state index contributed by atoms with van der Waals surface area (Å²) < 4.78 is 5.81. The topological polar surface area (TPSA) is 75.6 Å². The van der Waals surface area contributed by atoms with Gasteiger partial charge in [0.1, 0.15) is 5.78 Å². The highest BCUT2D eigenvalue weighted by Gasteiger charge is 2.33. The number of nitrogens with one attached hydrogen (secondary N) is 1. The summed E-state index contributed by atoms with van der Waals surface area (Å²) in [5.74, 6) is 0.0830. The molecule has 0 unspecified atom stereocenters. The summed E-state index contributed by atoms with van der Waals surface area (Å²) in [6, 6.07) is 0. The zero-order valence-corrected chi connectivity index (χ0v) is 17.7. The van der Waals surface area contributed by atoms with Crippen molar-refractivity contribution in [2.45, 2.75) is 105 Å². The Morgan fingerprint density at radius 3 is 1.92 bits per heavy atom. The van der Waals surface area contributed by atoms with Gasteiger partial charge in [0.25, 0.3) is 0 Å². The molecule has 0 bridgehead atoms. The van der Waals surface area contributed by atoms with Crippen LogP contribution in [-0.4, -0.2) is 40.1 Å². The number of ether oxygens (including phenoxy) is 1. The molecule has 0 aliphatic rings. The fourth-order valence-corrected chi connectivity index (χ4v) is 2.78. The first-order valence-electron chi connectivity index (χ1n) is 9.14. The van der Waals surface area contributed by atoms with Crippen molar-refractivity contribution in [2.24, 2.45) is 5.41 Å². The van der Waals surface area contributed by atoms with Gasteiger partial charge in [-0.15, -0.1) is 0 Å². The standard InChI is InChI=1S/C20H39NO4/c1-15(22)17(2,3)14-18(4,5)21-16(23)10-11-20(8,9)25-13-12-19(6,7)24/h24H,10-14H2,1-9H3,(H,21,23). The molecular formula is C20H39NO4. The van der Waals surface area contributed by atoms with E-state index in [0.717, 1.165) is 0 Å². The lowest BCUT2D eigenvalue weighted by atomic mass is 9.77. The molecule has 0 fully saturated rings. The van der Waals surface area contributed by atoms with Crippen LogP contribution >= 0.6 is 0 Å². The lowest BCUT2D eigenvalue weighted by Crippen LogP contribution is -2.47. The molecule has 5 nitrogen and oxygen atoms in total. The fourth-order valence-electron chi connectivity index (χ4n) is 2.78. The molecule has 2 N–H and O–H groups in total. The second kappa shape index (κ2) is 8.63. The van der Waals surface area contributed by atoms with Crippen molar-refractivity contribution in [3.8, 4) is 0 Å². The van der Waals surface area contributed by atoms with Crippen LogP contribution in [-0.2, 0) is 14.3 Å². The first kappa shape index (κ1) is 24.1. The van der Waals surface area contributed by atoms with E-state index in [2.05, 4.69) is 5.32 Å². The van der Waals surface area contributed by atoms with Gasteiger partial charge in [-0.1, -0.05) is 13.8 Å². The molecule has 148 valence electrons. The average Bonchev–Trinajstić information content (AvgIpc) is 2.32. The molecule has 0 aromatic heterocycles. The van der Waals surface area contributed by atoms with E-state index in [-0.39, 0.29) is 11.7 Å². The van der Waals surface area contributed by atoms with Gasteiger partial charge in [-0.05, 0) is 67.7 Å². The fraction of sp³-hybridized carbons (Fsp3) is 0.900. The Morgan fingerprint density at radius 1 is 0.960 bits per heavy atom. The summed E-state index contributed by atoms with van der Waals surface area (Å²) in [6.45, 7) is 17.2. The van der Waals surface area contributed by atoms with Gasteiger partial charge in [-0.25, -0.2) is 0 Å². The number of carbonyl (C=O) groups is 2. The van der Waals surface area contributed by atoms with Gasteiger partial charge in [-0.3, -0.25) is 9.59 Å². The van der Waals surface area contributed by atoms with Gasteiger partial charge in [-0.2, -0.15) is 0 Å². The largest absolute Gasteiger partial charge is 0.390 e. The van der Waals surface area contributed by atoms with Gasteiger partial charge >= 0.3 is 0 Å². The van der Waals surface area contributed by atoms with Crippen molar-refractivity contribution in [3.63, 3.8) is 0 Å². The molecule has 0 aromatic carbocycles. The third kappa shape index (κ3) is 11.3. The highest BCUT2D eigenvalue weighted by Crippen LogP contribution is 2.29. The van der Waals surface area contributed by atoms with Crippen molar-refractivity contribution < 1.29 is 19.4 Å². The maximum Gasteiger partial charge on any atom is 0.220 e. The summed E-state index contributed by atoms with van der Waals surface area (Å²) in [6.07, 6.45) is 2.10. The van der Waals surface area contributed by atoms with Crippen molar-refractivity contribution in [1.82, 2.24) is 5.32 Å². The molecule has 5 heteroatoms. The van der Waals surface area contributed by atoms with Crippen LogP contribution in [0.2, 0.25) is 0 Å². The molecule has 0 rings (SSSR count). The van der Waals surface area contributed by atoms with Gasteiger partial charge in [0.2, 0.25) is 5.91 Å². The first-order chi connectivity index (χ1) is 11.0. The zero-order chi connectivity index (χ0) is 20.1. The van der Waals surface area contributed by atoms with Crippen molar-refractivity contribution in [2.75, 3.05) is 6.61 Å². The number of rotatable bonds is 11. The quantitative estimate of drug-likeness (QED) is 0.592. The minimum Gasteiger partial charge on any atom is -0.390 e. The smallest absolute Gasteiger partial charge is 0.220 e. The molecule has 0 heterocycles. The monoisotopic (exact) mass is 357 g/mol. The number of hydrogen-bond acceptors (Lipinski definition) is 4. The van der Waals surface area contributed by atoms with Crippen molar-refractivity contribution in [3.05, 3.63) is 0 Å². The maximum absolute atomic E-state index is 12.3. The molecule has 25 heavy (non-hydrogen) atoms. The Balaban J connectivity index is 4.43. The lowest BCUT2D eigenvalue weighted by molar-refractivity contribution is -0.129. The van der Waals surface area contributed by atoms with E-state index < -0.39 is 22.2 Å². The van der Waals surface area contributed by atoms with Crippen LogP contribution < -0.4 is 5.32 Å². The van der Waals surface area contributed by atoms with Gasteiger partial charge in [0.15, 0.2) is 0 Å². The second-order valence-corrected chi connectivity index (χ2v) is 9.72. The Morgan fingerprint density at radius 2 is 1.48 bits per heavy atom. The average molecular weight is 358 g/mol. The predicted octanol–water partition coefficient (Wildman–Crippen LogP) is 3.62. The third-order valence-corrected chi connectivity index (χ3v) is 4.48. The molecule has 0 saturated heterocycles. The Labute approximate surface area is 153 Å². The minimum atomic E-state index is -0.749. The highest BCUT2D eigenvalue weighted by molar-refractivity contribution is 5.82. The van der Waals surface area contributed by atoms with E-state index in [4.69, 9.17) is 4.74 Å². The molecule has 0 aliphatic heterocycles. The summed E-state index contributed by atoms with van der Waals surface area (Å²) >= 11 is 0. The van der Waals surface area contributed by atoms with Crippen LogP contribution in [0.25, 0.3) is 0 Å². The number of hydrogen-bond donors (Lipinski definition) is 2. The van der Waals surface area contributed by atoms with Gasteiger partial charge in [0.05, 0.1) is 17.8 Å². The number of carbonyl (C=O) groups excluding carboxylic acids is 2. The number of Topliss-reactive ketones (excluding diaryl/α,β-unsaturated/α-hetero) is 1. The van der Waals surface area contributed by atoms with E-state index in [1.54, 1.807) is 20.8 Å². The number of aliphatic hydroxyl groups is 1. The van der Waals surface area contributed by atoms with Crippen LogP contribution in [0.4, 0.5) is 0 Å². The molecule has 0 aromatic rings. The van der Waals surface area contributed by atoms with E-state index in [1.807, 2.05) is 41.5 Å². The molecule has 0 radical (unpaired) electrons.